The maximum atomic E-state index is 12.3. The van der Waals surface area contributed by atoms with Crippen LogP contribution in [-0.2, 0) is 9.59 Å². The van der Waals surface area contributed by atoms with Gasteiger partial charge in [0.1, 0.15) is 5.54 Å². The molecule has 0 rings (SSSR count). The van der Waals surface area contributed by atoms with E-state index in [4.69, 9.17) is 5.73 Å². The third-order valence-corrected chi connectivity index (χ3v) is 3.50. The molecule has 0 saturated heterocycles. The fourth-order valence-corrected chi connectivity index (χ4v) is 2.08. The highest BCUT2D eigenvalue weighted by molar-refractivity contribution is 5.87. The lowest BCUT2D eigenvalue weighted by Gasteiger charge is -2.36. The van der Waals surface area contributed by atoms with Crippen LogP contribution in [0.1, 0.15) is 53.9 Å². The lowest BCUT2D eigenvalue weighted by atomic mass is 9.96. The van der Waals surface area contributed by atoms with Gasteiger partial charge >= 0.3 is 5.97 Å². The number of hydrogen-bond donors (Lipinski definition) is 2. The zero-order chi connectivity index (χ0) is 15.2. The van der Waals surface area contributed by atoms with Crippen LogP contribution in [0.15, 0.2) is 0 Å². The molecule has 0 aliphatic carbocycles. The number of likely N-dealkylation sites (N-methyl/N-ethyl adjacent to an activating group) is 1. The Bertz CT molecular complexity index is 314. The number of carboxylic acids is 1. The Morgan fingerprint density at radius 2 is 1.79 bits per heavy atom. The standard InChI is InChI=1S/C14H28N2O3/c1-6-16(14(4,5)13(18)19)12(17)10(2)8-7-9-11(3)15/h10-11H,6-9,15H2,1-5H3,(H,18,19). The van der Waals surface area contributed by atoms with E-state index < -0.39 is 11.5 Å². The molecule has 0 fully saturated rings. The molecule has 112 valence electrons. The van der Waals surface area contributed by atoms with Crippen molar-refractivity contribution in [2.75, 3.05) is 6.54 Å². The van der Waals surface area contributed by atoms with Crippen LogP contribution in [0, 0.1) is 5.92 Å². The molecule has 0 aromatic carbocycles. The number of carbonyl (C=O) groups is 2. The summed E-state index contributed by atoms with van der Waals surface area (Å²) in [7, 11) is 0. The molecule has 5 heteroatoms. The van der Waals surface area contributed by atoms with Crippen molar-refractivity contribution in [3.63, 3.8) is 0 Å². The maximum Gasteiger partial charge on any atom is 0.329 e. The van der Waals surface area contributed by atoms with Crippen molar-refractivity contribution in [3.05, 3.63) is 0 Å². The van der Waals surface area contributed by atoms with Crippen LogP contribution in [0.4, 0.5) is 0 Å². The van der Waals surface area contributed by atoms with Crippen LogP contribution >= 0.6 is 0 Å². The van der Waals surface area contributed by atoms with Gasteiger partial charge < -0.3 is 15.7 Å². The second-order valence-electron chi connectivity index (χ2n) is 5.76. The molecule has 0 aliphatic heterocycles. The molecule has 0 aromatic rings. The second-order valence-corrected chi connectivity index (χ2v) is 5.76. The summed E-state index contributed by atoms with van der Waals surface area (Å²) in [5.74, 6) is -1.25. The smallest absolute Gasteiger partial charge is 0.329 e. The Morgan fingerprint density at radius 1 is 1.26 bits per heavy atom. The van der Waals surface area contributed by atoms with Gasteiger partial charge in [0.15, 0.2) is 0 Å². The minimum absolute atomic E-state index is 0.0976. The van der Waals surface area contributed by atoms with E-state index >= 15 is 0 Å². The number of nitrogens with zero attached hydrogens (tertiary/aromatic N) is 1. The first-order valence-electron chi connectivity index (χ1n) is 6.95. The Labute approximate surface area is 116 Å². The van der Waals surface area contributed by atoms with Gasteiger partial charge in [-0.25, -0.2) is 4.79 Å². The van der Waals surface area contributed by atoms with Crippen molar-refractivity contribution in [1.82, 2.24) is 4.90 Å². The van der Waals surface area contributed by atoms with Crippen molar-refractivity contribution in [1.29, 1.82) is 0 Å². The van der Waals surface area contributed by atoms with E-state index in [2.05, 4.69) is 0 Å². The SMILES string of the molecule is CCN(C(=O)C(C)CCCC(C)N)C(C)(C)C(=O)O. The summed E-state index contributed by atoms with van der Waals surface area (Å²) in [5.41, 5.74) is 4.51. The van der Waals surface area contributed by atoms with E-state index in [1.54, 1.807) is 20.8 Å². The van der Waals surface area contributed by atoms with Crippen LogP contribution in [0.5, 0.6) is 0 Å². The van der Waals surface area contributed by atoms with Crippen LogP contribution < -0.4 is 5.73 Å². The summed E-state index contributed by atoms with van der Waals surface area (Å²) in [4.78, 5) is 25.0. The molecule has 3 N–H and O–H groups in total. The first kappa shape index (κ1) is 17.9. The van der Waals surface area contributed by atoms with Gasteiger partial charge in [-0.05, 0) is 40.5 Å². The van der Waals surface area contributed by atoms with E-state index in [0.717, 1.165) is 19.3 Å². The molecule has 0 spiro atoms. The van der Waals surface area contributed by atoms with Crippen LogP contribution in [0.25, 0.3) is 0 Å². The highest BCUT2D eigenvalue weighted by Gasteiger charge is 2.38. The van der Waals surface area contributed by atoms with E-state index in [-0.39, 0.29) is 17.9 Å². The van der Waals surface area contributed by atoms with Crippen LogP contribution in [0.3, 0.4) is 0 Å². The van der Waals surface area contributed by atoms with Gasteiger partial charge in [-0.3, -0.25) is 4.79 Å². The number of hydrogen-bond acceptors (Lipinski definition) is 3. The second kappa shape index (κ2) is 7.48. The van der Waals surface area contributed by atoms with Gasteiger partial charge in [0.05, 0.1) is 0 Å². The Morgan fingerprint density at radius 3 is 2.16 bits per heavy atom. The average molecular weight is 272 g/mol. The van der Waals surface area contributed by atoms with Gasteiger partial charge in [-0.2, -0.15) is 0 Å². The van der Waals surface area contributed by atoms with Crippen LogP contribution in [0.2, 0.25) is 0 Å². The number of carboxylic acid groups (broad SMARTS) is 1. The molecule has 5 nitrogen and oxygen atoms in total. The van der Waals surface area contributed by atoms with Crippen molar-refractivity contribution < 1.29 is 14.7 Å². The van der Waals surface area contributed by atoms with E-state index in [9.17, 15) is 14.7 Å². The van der Waals surface area contributed by atoms with Crippen molar-refractivity contribution >= 4 is 11.9 Å². The fourth-order valence-electron chi connectivity index (χ4n) is 2.08. The van der Waals surface area contributed by atoms with Gasteiger partial charge in [0.25, 0.3) is 0 Å². The molecule has 2 unspecified atom stereocenters. The fraction of sp³-hybridized carbons (Fsp3) is 0.857. The Kier molecular flexibility index (Phi) is 7.05. The minimum Gasteiger partial charge on any atom is -0.480 e. The van der Waals surface area contributed by atoms with Crippen LogP contribution in [-0.4, -0.2) is 40.0 Å². The third kappa shape index (κ3) is 5.19. The highest BCUT2D eigenvalue weighted by atomic mass is 16.4. The largest absolute Gasteiger partial charge is 0.480 e. The summed E-state index contributed by atoms with van der Waals surface area (Å²) in [6.07, 6.45) is 2.51. The molecule has 0 heterocycles. The normalized spacial score (nSPS) is 14.8. The number of amides is 1. The summed E-state index contributed by atoms with van der Waals surface area (Å²) in [6.45, 7) is 9.12. The lowest BCUT2D eigenvalue weighted by molar-refractivity contribution is -0.158. The highest BCUT2D eigenvalue weighted by Crippen LogP contribution is 2.20. The molecule has 0 bridgehead atoms. The first-order valence-corrected chi connectivity index (χ1v) is 6.95. The summed E-state index contributed by atoms with van der Waals surface area (Å²) in [6, 6.07) is 0.139. The van der Waals surface area contributed by atoms with E-state index in [0.29, 0.717) is 6.54 Å². The number of carbonyl (C=O) groups excluding carboxylic acids is 1. The van der Waals surface area contributed by atoms with Gasteiger partial charge in [0, 0.05) is 18.5 Å². The van der Waals surface area contributed by atoms with Gasteiger partial charge in [-0.1, -0.05) is 13.3 Å². The quantitative estimate of drug-likeness (QED) is 0.706. The summed E-state index contributed by atoms with van der Waals surface area (Å²) < 4.78 is 0. The predicted octanol–water partition coefficient (Wildman–Crippen LogP) is 1.85. The molecule has 19 heavy (non-hydrogen) atoms. The van der Waals surface area contributed by atoms with E-state index in [1.807, 2.05) is 13.8 Å². The monoisotopic (exact) mass is 272 g/mol. The average Bonchev–Trinajstić information content (AvgIpc) is 2.28. The van der Waals surface area contributed by atoms with Crippen molar-refractivity contribution in [2.45, 2.75) is 65.5 Å². The zero-order valence-electron chi connectivity index (χ0n) is 12.8. The molecule has 0 aromatic heterocycles. The third-order valence-electron chi connectivity index (χ3n) is 3.50. The molecular weight excluding hydrogens is 244 g/mol. The molecule has 0 aliphatic rings. The van der Waals surface area contributed by atoms with Gasteiger partial charge in [0.2, 0.25) is 5.91 Å². The van der Waals surface area contributed by atoms with Crippen molar-refractivity contribution in [3.8, 4) is 0 Å². The summed E-state index contributed by atoms with van der Waals surface area (Å²) in [5, 5.41) is 9.21. The minimum atomic E-state index is -1.17. The first-order chi connectivity index (χ1) is 8.64. The Hall–Kier alpha value is -1.10. The molecule has 2 atom stereocenters. The number of nitrogens with two attached hydrogens (primary N) is 1. The maximum absolute atomic E-state index is 12.3. The summed E-state index contributed by atoms with van der Waals surface area (Å²) >= 11 is 0. The topological polar surface area (TPSA) is 83.6 Å². The van der Waals surface area contributed by atoms with Crippen molar-refractivity contribution in [2.24, 2.45) is 11.7 Å². The Balaban J connectivity index is 4.63. The zero-order valence-corrected chi connectivity index (χ0v) is 12.8. The molecule has 0 saturated carbocycles. The number of rotatable bonds is 8. The molecule has 0 radical (unpaired) electrons. The van der Waals surface area contributed by atoms with Gasteiger partial charge in [-0.15, -0.1) is 0 Å². The predicted molar refractivity (Wildman–Crippen MR) is 75.8 cm³/mol. The lowest BCUT2D eigenvalue weighted by Crippen LogP contribution is -2.54. The number of aliphatic carboxylic acids is 1. The molecular formula is C14H28N2O3. The van der Waals surface area contributed by atoms with E-state index in [1.165, 1.54) is 4.90 Å². The molecule has 1 amide bonds.